The van der Waals surface area contributed by atoms with Gasteiger partial charge in [-0.2, -0.15) is 4.98 Å². The summed E-state index contributed by atoms with van der Waals surface area (Å²) < 4.78 is 5.09. The fourth-order valence-electron chi connectivity index (χ4n) is 2.64. The highest BCUT2D eigenvalue weighted by Crippen LogP contribution is 2.34. The number of carbonyl (C=O) groups excluding carboxylic acids is 1. The highest BCUT2D eigenvalue weighted by Gasteiger charge is 2.13. The molecule has 1 aromatic heterocycles. The Kier molecular flexibility index (Phi) is 4.66. The third-order valence-corrected chi connectivity index (χ3v) is 4.61. The molecule has 0 saturated heterocycles. The first-order chi connectivity index (χ1) is 11.6. The van der Waals surface area contributed by atoms with Gasteiger partial charge in [0, 0.05) is 17.4 Å². The third kappa shape index (κ3) is 3.05. The molecule has 1 N–H and O–H groups in total. The van der Waals surface area contributed by atoms with Gasteiger partial charge in [-0.3, -0.25) is 4.79 Å². The molecule has 5 nitrogen and oxygen atoms in total. The van der Waals surface area contributed by atoms with Crippen LogP contribution in [0.1, 0.15) is 11.5 Å². The summed E-state index contributed by atoms with van der Waals surface area (Å²) in [5, 5.41) is 6.74. The molecule has 24 heavy (non-hydrogen) atoms. The number of thioether (sulfide) groups is 1. The zero-order chi connectivity index (χ0) is 17.1. The van der Waals surface area contributed by atoms with Crippen LogP contribution in [-0.4, -0.2) is 22.8 Å². The minimum Gasteiger partial charge on any atom is -0.339 e. The summed E-state index contributed by atoms with van der Waals surface area (Å²) in [4.78, 5) is 16.0. The molecule has 0 aliphatic carbocycles. The topological polar surface area (TPSA) is 68.0 Å². The summed E-state index contributed by atoms with van der Waals surface area (Å²) in [7, 11) is 0. The number of benzene rings is 2. The zero-order valence-corrected chi connectivity index (χ0v) is 14.5. The molecule has 1 heterocycles. The van der Waals surface area contributed by atoms with E-state index in [9.17, 15) is 4.79 Å². The lowest BCUT2D eigenvalue weighted by Crippen LogP contribution is -1.96. The molecular formula is C18H17N3O2S. The van der Waals surface area contributed by atoms with Crippen molar-refractivity contribution in [2.45, 2.75) is 18.7 Å². The fraction of sp³-hybridized carbons (Fsp3) is 0.167. The molecule has 3 aromatic rings. The van der Waals surface area contributed by atoms with Crippen LogP contribution in [0.3, 0.4) is 0 Å². The van der Waals surface area contributed by atoms with Crippen molar-refractivity contribution < 1.29 is 9.32 Å². The average Bonchev–Trinajstić information content (AvgIpc) is 3.02. The van der Waals surface area contributed by atoms with Crippen LogP contribution in [0, 0.1) is 13.8 Å². The molecule has 0 unspecified atom stereocenters. The van der Waals surface area contributed by atoms with E-state index in [-0.39, 0.29) is 0 Å². The van der Waals surface area contributed by atoms with Gasteiger partial charge in [0.15, 0.2) is 0 Å². The Hall–Kier alpha value is -2.60. The number of hydrogen-bond donors (Lipinski definition) is 1. The summed E-state index contributed by atoms with van der Waals surface area (Å²) in [5.74, 6) is 1.14. The largest absolute Gasteiger partial charge is 0.339 e. The maximum absolute atomic E-state index is 10.7. The highest BCUT2D eigenvalue weighted by atomic mass is 32.2. The molecule has 0 radical (unpaired) electrons. The molecule has 0 fully saturated rings. The van der Waals surface area contributed by atoms with Crippen molar-refractivity contribution in [1.29, 1.82) is 0 Å². The molecule has 122 valence electrons. The third-order valence-electron chi connectivity index (χ3n) is 3.83. The van der Waals surface area contributed by atoms with Gasteiger partial charge in [0.05, 0.1) is 5.69 Å². The van der Waals surface area contributed by atoms with Crippen molar-refractivity contribution in [2.75, 3.05) is 11.6 Å². The van der Waals surface area contributed by atoms with Gasteiger partial charge in [0.2, 0.25) is 18.1 Å². The minimum absolute atomic E-state index is 0.545. The molecule has 6 heteroatoms. The number of carbonyl (C=O) groups is 1. The van der Waals surface area contributed by atoms with E-state index >= 15 is 0 Å². The highest BCUT2D eigenvalue weighted by molar-refractivity contribution is 7.98. The monoisotopic (exact) mass is 339 g/mol. The van der Waals surface area contributed by atoms with Crippen LogP contribution in [-0.2, 0) is 4.79 Å². The van der Waals surface area contributed by atoms with Crippen LogP contribution in [0.4, 0.5) is 5.69 Å². The normalized spacial score (nSPS) is 10.6. The second-order valence-corrected chi connectivity index (χ2v) is 6.14. The summed E-state index contributed by atoms with van der Waals surface area (Å²) in [6.45, 7) is 3.83. The van der Waals surface area contributed by atoms with E-state index in [0.29, 0.717) is 18.1 Å². The van der Waals surface area contributed by atoms with E-state index in [1.54, 1.807) is 18.7 Å². The Balaban J connectivity index is 2.08. The van der Waals surface area contributed by atoms with Crippen molar-refractivity contribution in [3.8, 4) is 22.5 Å². The van der Waals surface area contributed by atoms with Crippen molar-refractivity contribution in [3.63, 3.8) is 0 Å². The van der Waals surface area contributed by atoms with Crippen molar-refractivity contribution in [1.82, 2.24) is 10.1 Å². The average molecular weight is 339 g/mol. The van der Waals surface area contributed by atoms with E-state index in [1.807, 2.05) is 37.4 Å². The Bertz CT molecular complexity index is 890. The van der Waals surface area contributed by atoms with Crippen LogP contribution in [0.25, 0.3) is 22.5 Å². The fourth-order valence-corrected chi connectivity index (χ4v) is 3.23. The molecular weight excluding hydrogens is 322 g/mol. The van der Waals surface area contributed by atoms with E-state index in [0.717, 1.165) is 32.8 Å². The van der Waals surface area contributed by atoms with E-state index in [1.165, 1.54) is 0 Å². The van der Waals surface area contributed by atoms with Gasteiger partial charge in [-0.25, -0.2) is 0 Å². The first-order valence-electron chi connectivity index (χ1n) is 7.43. The molecule has 0 spiro atoms. The van der Waals surface area contributed by atoms with Gasteiger partial charge < -0.3 is 9.84 Å². The Morgan fingerprint density at radius 2 is 1.96 bits per heavy atom. The van der Waals surface area contributed by atoms with Gasteiger partial charge in [0.25, 0.3) is 0 Å². The predicted molar refractivity (Wildman–Crippen MR) is 96.1 cm³/mol. The summed E-state index contributed by atoms with van der Waals surface area (Å²) in [6, 6.07) is 12.0. The number of nitrogens with one attached hydrogen (secondary N) is 1. The molecule has 0 aliphatic rings. The van der Waals surface area contributed by atoms with Gasteiger partial charge in [-0.1, -0.05) is 29.4 Å². The first kappa shape index (κ1) is 16.3. The minimum atomic E-state index is 0.545. The number of amides is 1. The SMILES string of the molecule is CSc1cc(-c2cccc(-c3noc(C)n3)c2C)ccc1NC=O. The Labute approximate surface area is 144 Å². The van der Waals surface area contributed by atoms with Crippen molar-refractivity contribution >= 4 is 23.9 Å². The van der Waals surface area contributed by atoms with Crippen LogP contribution in [0.15, 0.2) is 45.8 Å². The summed E-state index contributed by atoms with van der Waals surface area (Å²) in [6.07, 6.45) is 2.68. The first-order valence-corrected chi connectivity index (χ1v) is 8.65. The second-order valence-electron chi connectivity index (χ2n) is 5.29. The molecule has 0 saturated carbocycles. The van der Waals surface area contributed by atoms with E-state index in [4.69, 9.17) is 4.52 Å². The molecule has 0 bridgehead atoms. The Morgan fingerprint density at radius 1 is 1.17 bits per heavy atom. The van der Waals surface area contributed by atoms with Crippen LogP contribution < -0.4 is 5.32 Å². The standard InChI is InChI=1S/C18H17N3O2S/c1-11-14(5-4-6-15(11)18-20-12(2)23-21-18)13-7-8-16(19-10-22)17(9-13)24-3/h4-10H,1-3H3,(H,19,22). The second kappa shape index (κ2) is 6.88. The quantitative estimate of drug-likeness (QED) is 0.554. The van der Waals surface area contributed by atoms with Crippen LogP contribution in [0.2, 0.25) is 0 Å². The number of aromatic nitrogens is 2. The van der Waals surface area contributed by atoms with Gasteiger partial charge >= 0.3 is 0 Å². The molecule has 0 atom stereocenters. The maximum atomic E-state index is 10.7. The predicted octanol–water partition coefficient (Wildman–Crippen LogP) is 4.31. The number of aryl methyl sites for hydroxylation is 1. The molecule has 1 amide bonds. The van der Waals surface area contributed by atoms with Gasteiger partial charge in [0.1, 0.15) is 0 Å². The number of nitrogens with zero attached hydrogens (tertiary/aromatic N) is 2. The van der Waals surface area contributed by atoms with Crippen molar-refractivity contribution in [3.05, 3.63) is 47.9 Å². The molecule has 0 aliphatic heterocycles. The lowest BCUT2D eigenvalue weighted by atomic mass is 9.96. The zero-order valence-electron chi connectivity index (χ0n) is 13.7. The van der Waals surface area contributed by atoms with Crippen molar-refractivity contribution in [2.24, 2.45) is 0 Å². The number of rotatable bonds is 5. The number of anilines is 1. The lowest BCUT2D eigenvalue weighted by Gasteiger charge is -2.12. The lowest BCUT2D eigenvalue weighted by molar-refractivity contribution is -0.105. The molecule has 3 rings (SSSR count). The Morgan fingerprint density at radius 3 is 2.62 bits per heavy atom. The number of hydrogen-bond acceptors (Lipinski definition) is 5. The smallest absolute Gasteiger partial charge is 0.223 e. The summed E-state index contributed by atoms with van der Waals surface area (Å²) >= 11 is 1.59. The van der Waals surface area contributed by atoms with E-state index < -0.39 is 0 Å². The maximum Gasteiger partial charge on any atom is 0.223 e. The summed E-state index contributed by atoms with van der Waals surface area (Å²) in [5.41, 5.74) is 5.02. The van der Waals surface area contributed by atoms with Crippen LogP contribution >= 0.6 is 11.8 Å². The van der Waals surface area contributed by atoms with E-state index in [2.05, 4.69) is 27.6 Å². The van der Waals surface area contributed by atoms with Gasteiger partial charge in [-0.15, -0.1) is 11.8 Å². The van der Waals surface area contributed by atoms with Crippen LogP contribution in [0.5, 0.6) is 0 Å². The molecule has 2 aromatic carbocycles. The van der Waals surface area contributed by atoms with Gasteiger partial charge in [-0.05, 0) is 42.0 Å².